The fourth-order valence-corrected chi connectivity index (χ4v) is 0.931. The summed E-state index contributed by atoms with van der Waals surface area (Å²) >= 11 is 0. The Balaban J connectivity index is 2.86. The van der Waals surface area contributed by atoms with Crippen molar-refractivity contribution in [3.63, 3.8) is 0 Å². The van der Waals surface area contributed by atoms with Crippen LogP contribution in [0.3, 0.4) is 0 Å². The van der Waals surface area contributed by atoms with Gasteiger partial charge in [0, 0.05) is 0 Å². The molecule has 0 bridgehead atoms. The van der Waals surface area contributed by atoms with E-state index in [1.54, 1.807) is 12.3 Å². The quantitative estimate of drug-likeness (QED) is 0.547. The SMILES string of the molecule is Nc1cnn2c(N)ncc2c1. The lowest BCUT2D eigenvalue weighted by atomic mass is 10.4. The summed E-state index contributed by atoms with van der Waals surface area (Å²) in [6.07, 6.45) is 3.16. The summed E-state index contributed by atoms with van der Waals surface area (Å²) in [5.74, 6) is 0.375. The van der Waals surface area contributed by atoms with Crippen molar-refractivity contribution in [3.05, 3.63) is 18.5 Å². The molecule has 0 atom stereocenters. The molecule has 11 heavy (non-hydrogen) atoms. The molecule has 4 N–H and O–H groups in total. The number of rotatable bonds is 0. The van der Waals surface area contributed by atoms with Gasteiger partial charge in [0.1, 0.15) is 0 Å². The average Bonchev–Trinajstić information content (AvgIpc) is 2.32. The number of nitrogen functional groups attached to an aromatic ring is 2. The van der Waals surface area contributed by atoms with Crippen LogP contribution in [-0.4, -0.2) is 14.6 Å². The van der Waals surface area contributed by atoms with Crippen LogP contribution in [0.5, 0.6) is 0 Å². The Morgan fingerprint density at radius 2 is 2.09 bits per heavy atom. The van der Waals surface area contributed by atoms with Crippen LogP contribution >= 0.6 is 0 Å². The minimum atomic E-state index is 0.375. The van der Waals surface area contributed by atoms with E-state index in [2.05, 4.69) is 10.1 Å². The van der Waals surface area contributed by atoms with Crippen LogP contribution in [0.4, 0.5) is 11.6 Å². The Bertz CT molecular complexity index is 391. The first-order chi connectivity index (χ1) is 5.27. The van der Waals surface area contributed by atoms with Gasteiger partial charge < -0.3 is 11.5 Å². The van der Waals surface area contributed by atoms with E-state index >= 15 is 0 Å². The number of fused-ring (bicyclic) bond motifs is 1. The van der Waals surface area contributed by atoms with Crippen LogP contribution < -0.4 is 11.5 Å². The van der Waals surface area contributed by atoms with Gasteiger partial charge in [-0.2, -0.15) is 9.61 Å². The summed E-state index contributed by atoms with van der Waals surface area (Å²) in [6.45, 7) is 0. The lowest BCUT2D eigenvalue weighted by Gasteiger charge is -1.94. The van der Waals surface area contributed by atoms with Crippen LogP contribution in [0.25, 0.3) is 5.52 Å². The maximum atomic E-state index is 5.49. The lowest BCUT2D eigenvalue weighted by Crippen LogP contribution is -1.98. The molecule has 0 saturated heterocycles. The zero-order chi connectivity index (χ0) is 7.84. The predicted molar refractivity (Wildman–Crippen MR) is 41.8 cm³/mol. The van der Waals surface area contributed by atoms with Gasteiger partial charge in [0.05, 0.1) is 23.6 Å². The Labute approximate surface area is 62.6 Å². The van der Waals surface area contributed by atoms with E-state index < -0.39 is 0 Å². The number of nitrogens with zero attached hydrogens (tertiary/aromatic N) is 3. The molecule has 0 aliphatic heterocycles. The molecule has 0 aliphatic rings. The fraction of sp³-hybridized carbons (Fsp3) is 0. The van der Waals surface area contributed by atoms with Gasteiger partial charge in [-0.15, -0.1) is 0 Å². The van der Waals surface area contributed by atoms with Crippen molar-refractivity contribution in [3.8, 4) is 0 Å². The lowest BCUT2D eigenvalue weighted by molar-refractivity contribution is 0.942. The fourth-order valence-electron chi connectivity index (χ4n) is 0.931. The van der Waals surface area contributed by atoms with Gasteiger partial charge >= 0.3 is 0 Å². The Kier molecular flexibility index (Phi) is 1.00. The standard InChI is InChI=1S/C6H7N5/c7-4-1-5-3-9-6(8)11(5)10-2-4/h1-3H,7H2,(H2,8,9). The average molecular weight is 149 g/mol. The predicted octanol–water partition coefficient (Wildman–Crippen LogP) is -0.106. The van der Waals surface area contributed by atoms with E-state index in [-0.39, 0.29) is 0 Å². The summed E-state index contributed by atoms with van der Waals surface area (Å²) in [7, 11) is 0. The Morgan fingerprint density at radius 3 is 2.91 bits per heavy atom. The van der Waals surface area contributed by atoms with Crippen LogP contribution in [0.2, 0.25) is 0 Å². The van der Waals surface area contributed by atoms with E-state index in [9.17, 15) is 0 Å². The third-order valence-corrected chi connectivity index (χ3v) is 1.43. The molecule has 0 unspecified atom stereocenters. The van der Waals surface area contributed by atoms with Crippen molar-refractivity contribution >= 4 is 17.2 Å². The van der Waals surface area contributed by atoms with E-state index in [1.807, 2.05) is 0 Å². The molecular formula is C6H7N5. The van der Waals surface area contributed by atoms with Crippen molar-refractivity contribution in [2.75, 3.05) is 11.5 Å². The molecule has 2 aromatic rings. The van der Waals surface area contributed by atoms with Crippen molar-refractivity contribution < 1.29 is 0 Å². The topological polar surface area (TPSA) is 82.2 Å². The number of hydrogen-bond donors (Lipinski definition) is 2. The smallest absolute Gasteiger partial charge is 0.221 e. The van der Waals surface area contributed by atoms with Crippen molar-refractivity contribution in [1.29, 1.82) is 0 Å². The first-order valence-electron chi connectivity index (χ1n) is 3.12. The third kappa shape index (κ3) is 0.778. The third-order valence-electron chi connectivity index (χ3n) is 1.43. The molecule has 2 aromatic heterocycles. The minimum Gasteiger partial charge on any atom is -0.397 e. The van der Waals surface area contributed by atoms with Gasteiger partial charge in [-0.05, 0) is 6.07 Å². The highest BCUT2D eigenvalue weighted by atomic mass is 15.3. The Morgan fingerprint density at radius 1 is 1.27 bits per heavy atom. The van der Waals surface area contributed by atoms with Crippen LogP contribution in [-0.2, 0) is 0 Å². The summed E-state index contributed by atoms with van der Waals surface area (Å²) in [4.78, 5) is 3.86. The highest BCUT2D eigenvalue weighted by molar-refractivity contribution is 5.56. The summed E-state index contributed by atoms with van der Waals surface area (Å²) in [5, 5.41) is 3.94. The highest BCUT2D eigenvalue weighted by Gasteiger charge is 1.98. The zero-order valence-electron chi connectivity index (χ0n) is 5.73. The molecule has 0 fully saturated rings. The highest BCUT2D eigenvalue weighted by Crippen LogP contribution is 2.08. The van der Waals surface area contributed by atoms with E-state index in [4.69, 9.17) is 11.5 Å². The maximum absolute atomic E-state index is 5.49. The molecule has 2 heterocycles. The van der Waals surface area contributed by atoms with E-state index in [1.165, 1.54) is 10.7 Å². The first kappa shape index (κ1) is 5.96. The van der Waals surface area contributed by atoms with Gasteiger partial charge in [0.2, 0.25) is 5.95 Å². The van der Waals surface area contributed by atoms with Crippen molar-refractivity contribution in [2.45, 2.75) is 0 Å². The Hall–Kier alpha value is -1.78. The molecule has 0 amide bonds. The van der Waals surface area contributed by atoms with Gasteiger partial charge in [-0.25, -0.2) is 4.98 Å². The second-order valence-corrected chi connectivity index (χ2v) is 2.24. The number of imidazole rings is 1. The number of anilines is 2. The monoisotopic (exact) mass is 149 g/mol. The first-order valence-corrected chi connectivity index (χ1v) is 3.12. The summed E-state index contributed by atoms with van der Waals surface area (Å²) in [5.41, 5.74) is 12.4. The maximum Gasteiger partial charge on any atom is 0.221 e. The molecule has 0 radical (unpaired) electrons. The molecule has 0 saturated carbocycles. The van der Waals surface area contributed by atoms with E-state index in [0.29, 0.717) is 11.6 Å². The van der Waals surface area contributed by atoms with Crippen LogP contribution in [0, 0.1) is 0 Å². The van der Waals surface area contributed by atoms with Crippen molar-refractivity contribution in [2.24, 2.45) is 0 Å². The molecule has 56 valence electrons. The second kappa shape index (κ2) is 1.85. The molecular weight excluding hydrogens is 142 g/mol. The number of hydrogen-bond acceptors (Lipinski definition) is 4. The summed E-state index contributed by atoms with van der Waals surface area (Å²) < 4.78 is 1.52. The van der Waals surface area contributed by atoms with Gasteiger partial charge in [0.15, 0.2) is 0 Å². The number of nitrogens with two attached hydrogens (primary N) is 2. The van der Waals surface area contributed by atoms with Crippen molar-refractivity contribution in [1.82, 2.24) is 14.6 Å². The molecule has 0 aliphatic carbocycles. The second-order valence-electron chi connectivity index (χ2n) is 2.24. The number of aromatic nitrogens is 3. The van der Waals surface area contributed by atoms with Gasteiger partial charge in [0.25, 0.3) is 0 Å². The molecule has 5 nitrogen and oxygen atoms in total. The zero-order valence-corrected chi connectivity index (χ0v) is 5.73. The summed E-state index contributed by atoms with van der Waals surface area (Å²) in [6, 6.07) is 1.76. The largest absolute Gasteiger partial charge is 0.397 e. The van der Waals surface area contributed by atoms with Gasteiger partial charge in [-0.1, -0.05) is 0 Å². The van der Waals surface area contributed by atoms with Crippen LogP contribution in [0.15, 0.2) is 18.5 Å². The molecule has 2 rings (SSSR count). The minimum absolute atomic E-state index is 0.375. The normalized spacial score (nSPS) is 10.5. The van der Waals surface area contributed by atoms with Gasteiger partial charge in [-0.3, -0.25) is 0 Å². The van der Waals surface area contributed by atoms with Crippen LogP contribution in [0.1, 0.15) is 0 Å². The van der Waals surface area contributed by atoms with E-state index in [0.717, 1.165) is 5.52 Å². The molecule has 0 aromatic carbocycles. The molecule has 5 heteroatoms. The molecule has 0 spiro atoms.